The van der Waals surface area contributed by atoms with Crippen LogP contribution in [0, 0.1) is 5.92 Å². The van der Waals surface area contributed by atoms with Crippen molar-refractivity contribution < 1.29 is 0 Å². The van der Waals surface area contributed by atoms with Gasteiger partial charge >= 0.3 is 0 Å². The second-order valence-corrected chi connectivity index (χ2v) is 3.52. The summed E-state index contributed by atoms with van der Waals surface area (Å²) in [6.45, 7) is 8.32. The molecule has 0 fully saturated rings. The van der Waals surface area contributed by atoms with Crippen molar-refractivity contribution in [3.63, 3.8) is 0 Å². The largest absolute Gasteiger partial charge is 0.103 e. The molecule has 0 bridgehead atoms. The van der Waals surface area contributed by atoms with Gasteiger partial charge in [0, 0.05) is 0 Å². The SMILES string of the molecule is C=CC(C)C(CC)c1ccccc1. The van der Waals surface area contributed by atoms with Crippen molar-refractivity contribution in [1.29, 1.82) is 0 Å². The van der Waals surface area contributed by atoms with Crippen LogP contribution in [0.25, 0.3) is 0 Å². The molecule has 1 rings (SSSR count). The molecule has 0 nitrogen and oxygen atoms in total. The second-order valence-electron chi connectivity index (χ2n) is 3.52. The normalized spacial score (nSPS) is 14.9. The summed E-state index contributed by atoms with van der Waals surface area (Å²) in [6.07, 6.45) is 3.22. The van der Waals surface area contributed by atoms with Gasteiger partial charge in [0.05, 0.1) is 0 Å². The van der Waals surface area contributed by atoms with E-state index in [4.69, 9.17) is 0 Å². The molecule has 0 heteroatoms. The summed E-state index contributed by atoms with van der Waals surface area (Å²) in [5.74, 6) is 1.19. The van der Waals surface area contributed by atoms with Crippen LogP contribution in [0.4, 0.5) is 0 Å². The first kappa shape index (κ1) is 10.0. The molecule has 0 N–H and O–H groups in total. The highest BCUT2D eigenvalue weighted by Gasteiger charge is 2.13. The van der Waals surface area contributed by atoms with Crippen LogP contribution in [0.5, 0.6) is 0 Å². The van der Waals surface area contributed by atoms with E-state index < -0.39 is 0 Å². The molecule has 2 atom stereocenters. The number of rotatable bonds is 4. The fraction of sp³-hybridized carbons (Fsp3) is 0.385. The lowest BCUT2D eigenvalue weighted by atomic mass is 9.85. The van der Waals surface area contributed by atoms with Gasteiger partial charge < -0.3 is 0 Å². The van der Waals surface area contributed by atoms with Gasteiger partial charge in [0.25, 0.3) is 0 Å². The number of hydrogen-bond donors (Lipinski definition) is 0. The first-order valence-electron chi connectivity index (χ1n) is 4.97. The lowest BCUT2D eigenvalue weighted by Gasteiger charge is -2.19. The van der Waals surface area contributed by atoms with E-state index in [1.54, 1.807) is 0 Å². The van der Waals surface area contributed by atoms with E-state index in [2.05, 4.69) is 50.8 Å². The van der Waals surface area contributed by atoms with Crippen LogP contribution < -0.4 is 0 Å². The summed E-state index contributed by atoms with van der Waals surface area (Å²) in [5, 5.41) is 0. The third kappa shape index (κ3) is 2.45. The predicted octanol–water partition coefficient (Wildman–Crippen LogP) is 4.00. The Kier molecular flexibility index (Phi) is 3.75. The maximum absolute atomic E-state index is 3.85. The van der Waals surface area contributed by atoms with Crippen molar-refractivity contribution in [2.45, 2.75) is 26.2 Å². The number of benzene rings is 1. The average Bonchev–Trinajstić information content (AvgIpc) is 2.20. The molecule has 0 saturated carbocycles. The molecule has 0 aliphatic heterocycles. The molecule has 0 radical (unpaired) electrons. The van der Waals surface area contributed by atoms with Crippen molar-refractivity contribution in [3.05, 3.63) is 48.6 Å². The summed E-state index contributed by atoms with van der Waals surface area (Å²) in [6, 6.07) is 10.7. The van der Waals surface area contributed by atoms with Crippen LogP contribution in [0.3, 0.4) is 0 Å². The zero-order valence-electron chi connectivity index (χ0n) is 8.53. The maximum Gasteiger partial charge on any atom is -0.0104 e. The van der Waals surface area contributed by atoms with Gasteiger partial charge in [0.2, 0.25) is 0 Å². The fourth-order valence-electron chi connectivity index (χ4n) is 1.78. The van der Waals surface area contributed by atoms with Gasteiger partial charge in [-0.15, -0.1) is 6.58 Å². The lowest BCUT2D eigenvalue weighted by molar-refractivity contribution is 0.532. The van der Waals surface area contributed by atoms with Gasteiger partial charge in [-0.25, -0.2) is 0 Å². The standard InChI is InChI=1S/C13H18/c1-4-11(3)13(5-2)12-9-7-6-8-10-12/h4,6-11,13H,1,5H2,2-3H3. The van der Waals surface area contributed by atoms with E-state index in [1.165, 1.54) is 12.0 Å². The highest BCUT2D eigenvalue weighted by atomic mass is 14.2. The quantitative estimate of drug-likeness (QED) is 0.605. The van der Waals surface area contributed by atoms with Crippen LogP contribution in [-0.2, 0) is 0 Å². The third-order valence-corrected chi connectivity index (χ3v) is 2.67. The Hall–Kier alpha value is -1.04. The number of allylic oxidation sites excluding steroid dienone is 1. The molecule has 0 heterocycles. The summed E-state index contributed by atoms with van der Waals surface area (Å²) in [4.78, 5) is 0. The van der Waals surface area contributed by atoms with Crippen molar-refractivity contribution >= 4 is 0 Å². The molecule has 0 spiro atoms. The third-order valence-electron chi connectivity index (χ3n) is 2.67. The minimum absolute atomic E-state index is 0.562. The molecule has 0 amide bonds. The first-order valence-corrected chi connectivity index (χ1v) is 4.97. The Morgan fingerprint density at radius 3 is 2.38 bits per heavy atom. The van der Waals surface area contributed by atoms with Crippen LogP contribution in [0.15, 0.2) is 43.0 Å². The Bertz CT molecular complexity index is 248. The lowest BCUT2D eigenvalue weighted by Crippen LogP contribution is -2.05. The van der Waals surface area contributed by atoms with Crippen molar-refractivity contribution in [3.8, 4) is 0 Å². The van der Waals surface area contributed by atoms with E-state index in [9.17, 15) is 0 Å². The summed E-state index contributed by atoms with van der Waals surface area (Å²) in [7, 11) is 0. The van der Waals surface area contributed by atoms with E-state index in [-0.39, 0.29) is 0 Å². The Labute approximate surface area is 81.3 Å². The highest BCUT2D eigenvalue weighted by molar-refractivity contribution is 5.21. The maximum atomic E-state index is 3.85. The van der Waals surface area contributed by atoms with Crippen molar-refractivity contribution in [2.75, 3.05) is 0 Å². The molecular weight excluding hydrogens is 156 g/mol. The Morgan fingerprint density at radius 2 is 1.92 bits per heavy atom. The molecule has 0 saturated heterocycles. The van der Waals surface area contributed by atoms with Gasteiger partial charge in [0.1, 0.15) is 0 Å². The minimum Gasteiger partial charge on any atom is -0.103 e. The first-order chi connectivity index (χ1) is 6.29. The molecule has 1 aromatic rings. The summed E-state index contributed by atoms with van der Waals surface area (Å²) >= 11 is 0. The molecule has 0 aromatic heterocycles. The van der Waals surface area contributed by atoms with Gasteiger partial charge in [-0.05, 0) is 23.8 Å². The summed E-state index contributed by atoms with van der Waals surface area (Å²) < 4.78 is 0. The monoisotopic (exact) mass is 174 g/mol. The van der Waals surface area contributed by atoms with E-state index in [0.29, 0.717) is 11.8 Å². The highest BCUT2D eigenvalue weighted by Crippen LogP contribution is 2.27. The van der Waals surface area contributed by atoms with Crippen molar-refractivity contribution in [2.24, 2.45) is 5.92 Å². The topological polar surface area (TPSA) is 0 Å². The van der Waals surface area contributed by atoms with E-state index >= 15 is 0 Å². The smallest absolute Gasteiger partial charge is 0.0104 e. The second kappa shape index (κ2) is 4.86. The Balaban J connectivity index is 2.84. The van der Waals surface area contributed by atoms with E-state index in [0.717, 1.165) is 0 Å². The minimum atomic E-state index is 0.562. The van der Waals surface area contributed by atoms with Crippen LogP contribution >= 0.6 is 0 Å². The van der Waals surface area contributed by atoms with E-state index in [1.807, 2.05) is 6.08 Å². The molecule has 1 aromatic carbocycles. The number of hydrogen-bond acceptors (Lipinski definition) is 0. The van der Waals surface area contributed by atoms with Crippen LogP contribution in [-0.4, -0.2) is 0 Å². The molecule has 0 aliphatic rings. The molecule has 13 heavy (non-hydrogen) atoms. The zero-order chi connectivity index (χ0) is 9.68. The van der Waals surface area contributed by atoms with Crippen molar-refractivity contribution in [1.82, 2.24) is 0 Å². The molecule has 0 aliphatic carbocycles. The summed E-state index contributed by atoms with van der Waals surface area (Å²) in [5.41, 5.74) is 1.43. The van der Waals surface area contributed by atoms with Crippen LogP contribution in [0.2, 0.25) is 0 Å². The molecule has 2 unspecified atom stereocenters. The fourth-order valence-corrected chi connectivity index (χ4v) is 1.78. The van der Waals surface area contributed by atoms with Gasteiger partial charge in [0.15, 0.2) is 0 Å². The zero-order valence-corrected chi connectivity index (χ0v) is 8.53. The molecule has 70 valence electrons. The van der Waals surface area contributed by atoms with Crippen LogP contribution in [0.1, 0.15) is 31.7 Å². The Morgan fingerprint density at radius 1 is 1.31 bits per heavy atom. The average molecular weight is 174 g/mol. The molecular formula is C13H18. The van der Waals surface area contributed by atoms with Gasteiger partial charge in [-0.2, -0.15) is 0 Å². The van der Waals surface area contributed by atoms with Gasteiger partial charge in [-0.1, -0.05) is 50.3 Å². The van der Waals surface area contributed by atoms with Gasteiger partial charge in [-0.3, -0.25) is 0 Å². The predicted molar refractivity (Wildman–Crippen MR) is 58.8 cm³/mol.